The van der Waals surface area contributed by atoms with Gasteiger partial charge in [-0.3, -0.25) is 4.79 Å². The molecule has 0 aliphatic heterocycles. The molecule has 0 saturated carbocycles. The summed E-state index contributed by atoms with van der Waals surface area (Å²) >= 11 is 1.33. The number of anilines is 1. The summed E-state index contributed by atoms with van der Waals surface area (Å²) in [7, 11) is 2.94. The van der Waals surface area contributed by atoms with Crippen LogP contribution in [0.3, 0.4) is 0 Å². The summed E-state index contributed by atoms with van der Waals surface area (Å²) in [6, 6.07) is 1.64. The van der Waals surface area contributed by atoms with Gasteiger partial charge in [0.2, 0.25) is 5.91 Å². The summed E-state index contributed by atoms with van der Waals surface area (Å²) in [5.74, 6) is -0.535. The third-order valence-corrected chi connectivity index (χ3v) is 2.82. The number of amides is 1. The van der Waals surface area contributed by atoms with Gasteiger partial charge in [-0.1, -0.05) is 0 Å². The molecule has 5 heteroatoms. The number of rotatable bonds is 2. The van der Waals surface area contributed by atoms with Gasteiger partial charge in [0.1, 0.15) is 5.00 Å². The monoisotopic (exact) mass is 213 g/mol. The Bertz CT molecular complexity index is 359. The predicted octanol–water partition coefficient (Wildman–Crippen LogP) is 1.52. The molecule has 14 heavy (non-hydrogen) atoms. The molecule has 1 aromatic rings. The van der Waals surface area contributed by atoms with Crippen LogP contribution in [0.15, 0.2) is 11.4 Å². The SMILES string of the molecule is COC(=O)c1ccsc1N(C)C(C)=O. The molecule has 0 aromatic carbocycles. The molecule has 0 fully saturated rings. The Labute approximate surface area is 86.1 Å². The highest BCUT2D eigenvalue weighted by Gasteiger charge is 2.18. The molecule has 76 valence electrons. The summed E-state index contributed by atoms with van der Waals surface area (Å²) in [5.41, 5.74) is 0.426. The van der Waals surface area contributed by atoms with Crippen LogP contribution in [0, 0.1) is 0 Å². The molecule has 1 heterocycles. The van der Waals surface area contributed by atoms with E-state index in [1.807, 2.05) is 0 Å². The van der Waals surface area contributed by atoms with E-state index >= 15 is 0 Å². The number of carbonyl (C=O) groups excluding carboxylic acids is 2. The van der Waals surface area contributed by atoms with Crippen LogP contribution in [0.1, 0.15) is 17.3 Å². The van der Waals surface area contributed by atoms with E-state index in [0.29, 0.717) is 10.6 Å². The second-order valence-corrected chi connectivity index (χ2v) is 3.60. The van der Waals surface area contributed by atoms with Crippen LogP contribution in [0.2, 0.25) is 0 Å². The first kappa shape index (κ1) is 10.7. The average Bonchev–Trinajstić information content (AvgIpc) is 2.63. The third-order valence-electron chi connectivity index (χ3n) is 1.83. The molecule has 1 aromatic heterocycles. The van der Waals surface area contributed by atoms with Gasteiger partial charge < -0.3 is 9.64 Å². The van der Waals surface area contributed by atoms with Gasteiger partial charge in [0, 0.05) is 14.0 Å². The Morgan fingerprint density at radius 3 is 2.64 bits per heavy atom. The standard InChI is InChI=1S/C9H11NO3S/c1-6(11)10(2)8-7(4-5-14-8)9(12)13-3/h4-5H,1-3H3. The van der Waals surface area contributed by atoms with Crippen molar-refractivity contribution in [3.8, 4) is 0 Å². The minimum absolute atomic E-state index is 0.113. The van der Waals surface area contributed by atoms with Crippen molar-refractivity contribution in [1.82, 2.24) is 0 Å². The zero-order valence-electron chi connectivity index (χ0n) is 8.23. The lowest BCUT2D eigenvalue weighted by Crippen LogP contribution is -2.23. The summed E-state index contributed by atoms with van der Waals surface area (Å²) < 4.78 is 4.59. The van der Waals surface area contributed by atoms with Gasteiger partial charge in [-0.05, 0) is 11.4 Å². The number of ether oxygens (including phenoxy) is 1. The van der Waals surface area contributed by atoms with Gasteiger partial charge in [0.05, 0.1) is 12.7 Å². The van der Waals surface area contributed by atoms with Gasteiger partial charge in [-0.25, -0.2) is 4.79 Å². The molecular formula is C9H11NO3S. The summed E-state index contributed by atoms with van der Waals surface area (Å²) in [6.45, 7) is 1.45. The molecular weight excluding hydrogens is 202 g/mol. The normalized spacial score (nSPS) is 9.64. The lowest BCUT2D eigenvalue weighted by molar-refractivity contribution is -0.116. The van der Waals surface area contributed by atoms with Crippen molar-refractivity contribution >= 4 is 28.2 Å². The smallest absolute Gasteiger partial charge is 0.340 e. The zero-order chi connectivity index (χ0) is 10.7. The van der Waals surface area contributed by atoms with Gasteiger partial charge >= 0.3 is 5.97 Å². The Hall–Kier alpha value is -1.36. The highest BCUT2D eigenvalue weighted by molar-refractivity contribution is 7.14. The van der Waals surface area contributed by atoms with Crippen molar-refractivity contribution in [3.63, 3.8) is 0 Å². The van der Waals surface area contributed by atoms with Crippen LogP contribution in [-0.4, -0.2) is 26.0 Å². The number of hydrogen-bond acceptors (Lipinski definition) is 4. The molecule has 0 atom stereocenters. The molecule has 0 bridgehead atoms. The van der Waals surface area contributed by atoms with Crippen LogP contribution in [-0.2, 0) is 9.53 Å². The zero-order valence-corrected chi connectivity index (χ0v) is 9.05. The molecule has 1 amide bonds. The van der Waals surface area contributed by atoms with E-state index in [4.69, 9.17) is 0 Å². The number of thiophene rings is 1. The Balaban J connectivity index is 3.04. The van der Waals surface area contributed by atoms with Crippen molar-refractivity contribution < 1.29 is 14.3 Å². The molecule has 4 nitrogen and oxygen atoms in total. The molecule has 1 rings (SSSR count). The fraction of sp³-hybridized carbons (Fsp3) is 0.333. The number of carbonyl (C=O) groups is 2. The van der Waals surface area contributed by atoms with Crippen LogP contribution in [0.4, 0.5) is 5.00 Å². The Morgan fingerprint density at radius 2 is 2.14 bits per heavy atom. The molecule has 0 spiro atoms. The van der Waals surface area contributed by atoms with Gasteiger partial charge in [0.25, 0.3) is 0 Å². The fourth-order valence-electron chi connectivity index (χ4n) is 0.969. The van der Waals surface area contributed by atoms with Crippen molar-refractivity contribution in [2.24, 2.45) is 0 Å². The second-order valence-electron chi connectivity index (χ2n) is 2.71. The van der Waals surface area contributed by atoms with E-state index in [0.717, 1.165) is 0 Å². The predicted molar refractivity (Wildman–Crippen MR) is 54.7 cm³/mol. The molecule has 0 unspecified atom stereocenters. The first-order chi connectivity index (χ1) is 6.57. The highest BCUT2D eigenvalue weighted by atomic mass is 32.1. The summed E-state index contributed by atoms with van der Waals surface area (Å²) in [4.78, 5) is 23.8. The van der Waals surface area contributed by atoms with Gasteiger partial charge in [-0.2, -0.15) is 0 Å². The summed E-state index contributed by atoms with van der Waals surface area (Å²) in [5, 5.41) is 2.37. The van der Waals surface area contributed by atoms with E-state index < -0.39 is 5.97 Å². The average molecular weight is 213 g/mol. The molecule has 0 saturated heterocycles. The number of hydrogen-bond donors (Lipinski definition) is 0. The first-order valence-corrected chi connectivity index (χ1v) is 4.86. The lowest BCUT2D eigenvalue weighted by atomic mass is 10.3. The van der Waals surface area contributed by atoms with E-state index in [1.54, 1.807) is 18.5 Å². The molecule has 0 radical (unpaired) electrons. The molecule has 0 aliphatic carbocycles. The van der Waals surface area contributed by atoms with Crippen molar-refractivity contribution in [2.75, 3.05) is 19.1 Å². The lowest BCUT2D eigenvalue weighted by Gasteiger charge is -2.13. The fourth-order valence-corrected chi connectivity index (χ4v) is 1.87. The van der Waals surface area contributed by atoms with Gasteiger partial charge in [0.15, 0.2) is 0 Å². The minimum Gasteiger partial charge on any atom is -0.465 e. The Morgan fingerprint density at radius 1 is 1.50 bits per heavy atom. The number of nitrogens with zero attached hydrogens (tertiary/aromatic N) is 1. The topological polar surface area (TPSA) is 46.6 Å². The summed E-state index contributed by atoms with van der Waals surface area (Å²) in [6.07, 6.45) is 0. The second kappa shape index (κ2) is 4.23. The Kier molecular flexibility index (Phi) is 3.24. The van der Waals surface area contributed by atoms with Crippen molar-refractivity contribution in [2.45, 2.75) is 6.92 Å². The number of esters is 1. The van der Waals surface area contributed by atoms with Crippen LogP contribution in [0.5, 0.6) is 0 Å². The maximum Gasteiger partial charge on any atom is 0.340 e. The molecule has 0 aliphatic rings. The maximum absolute atomic E-state index is 11.3. The van der Waals surface area contributed by atoms with Gasteiger partial charge in [-0.15, -0.1) is 11.3 Å². The van der Waals surface area contributed by atoms with E-state index in [1.165, 1.54) is 30.3 Å². The van der Waals surface area contributed by atoms with E-state index in [9.17, 15) is 9.59 Å². The first-order valence-electron chi connectivity index (χ1n) is 3.98. The third kappa shape index (κ3) is 1.93. The van der Waals surface area contributed by atoms with E-state index in [2.05, 4.69) is 4.74 Å². The quantitative estimate of drug-likeness (QED) is 0.700. The minimum atomic E-state index is -0.422. The maximum atomic E-state index is 11.3. The van der Waals surface area contributed by atoms with Crippen LogP contribution >= 0.6 is 11.3 Å². The van der Waals surface area contributed by atoms with Crippen molar-refractivity contribution in [1.29, 1.82) is 0 Å². The van der Waals surface area contributed by atoms with Crippen LogP contribution in [0.25, 0.3) is 0 Å². The van der Waals surface area contributed by atoms with Crippen molar-refractivity contribution in [3.05, 3.63) is 17.0 Å². The number of methoxy groups -OCH3 is 1. The largest absolute Gasteiger partial charge is 0.465 e. The highest BCUT2D eigenvalue weighted by Crippen LogP contribution is 2.27. The molecule has 0 N–H and O–H groups in total. The van der Waals surface area contributed by atoms with E-state index in [-0.39, 0.29) is 5.91 Å². The van der Waals surface area contributed by atoms with Crippen LogP contribution < -0.4 is 4.90 Å².